The number of nitrogens with one attached hydrogen (secondary N) is 1. The molecule has 2 aromatic rings. The molecule has 0 atom stereocenters. The largest absolute Gasteiger partial charge is 0.397 e. The third-order valence-electron chi connectivity index (χ3n) is 2.79. The van der Waals surface area contributed by atoms with Crippen molar-refractivity contribution in [2.45, 2.75) is 13.8 Å². The fourth-order valence-electron chi connectivity index (χ4n) is 1.64. The highest BCUT2D eigenvalue weighted by Gasteiger charge is 2.03. The Morgan fingerprint density at radius 3 is 2.24 bits per heavy atom. The highest BCUT2D eigenvalue weighted by molar-refractivity contribution is 5.74. The Morgan fingerprint density at radius 1 is 1.00 bits per heavy atom. The average molecular weight is 230 g/mol. The van der Waals surface area contributed by atoms with Crippen molar-refractivity contribution in [3.05, 3.63) is 53.3 Å². The van der Waals surface area contributed by atoms with Crippen LogP contribution < -0.4 is 11.1 Å². The first-order valence-corrected chi connectivity index (χ1v) is 5.45. The van der Waals surface area contributed by atoms with Gasteiger partial charge in [0.1, 0.15) is 5.82 Å². The van der Waals surface area contributed by atoms with Gasteiger partial charge in [-0.15, -0.1) is 0 Å². The number of hydrogen-bond donors (Lipinski definition) is 2. The van der Waals surface area contributed by atoms with Crippen molar-refractivity contribution in [1.29, 1.82) is 0 Å². The summed E-state index contributed by atoms with van der Waals surface area (Å²) in [7, 11) is 0. The molecule has 3 heteroatoms. The second kappa shape index (κ2) is 4.45. The SMILES string of the molecule is Cc1cc(N)c(Nc2ccc(F)cc2)cc1C. The summed E-state index contributed by atoms with van der Waals surface area (Å²) in [6.07, 6.45) is 0. The fourth-order valence-corrected chi connectivity index (χ4v) is 1.64. The van der Waals surface area contributed by atoms with Crippen molar-refractivity contribution in [2.75, 3.05) is 11.1 Å². The Labute approximate surface area is 100 Å². The van der Waals surface area contributed by atoms with Gasteiger partial charge >= 0.3 is 0 Å². The first kappa shape index (κ1) is 11.5. The van der Waals surface area contributed by atoms with Gasteiger partial charge in [0, 0.05) is 5.69 Å². The minimum Gasteiger partial charge on any atom is -0.397 e. The molecular formula is C14H15FN2. The maximum atomic E-state index is 12.8. The number of nitrogens with two attached hydrogens (primary N) is 1. The third kappa shape index (κ3) is 2.56. The molecule has 0 radical (unpaired) electrons. The smallest absolute Gasteiger partial charge is 0.123 e. The molecule has 0 fully saturated rings. The second-order valence-corrected chi connectivity index (χ2v) is 4.16. The molecule has 0 aliphatic heterocycles. The summed E-state index contributed by atoms with van der Waals surface area (Å²) in [5.74, 6) is -0.247. The monoisotopic (exact) mass is 230 g/mol. The molecule has 2 nitrogen and oxygen atoms in total. The predicted molar refractivity (Wildman–Crippen MR) is 70.0 cm³/mol. The lowest BCUT2D eigenvalue weighted by Gasteiger charge is -2.12. The van der Waals surface area contributed by atoms with Crippen LogP contribution >= 0.6 is 0 Å². The van der Waals surface area contributed by atoms with Crippen LogP contribution in [0.2, 0.25) is 0 Å². The summed E-state index contributed by atoms with van der Waals surface area (Å²) >= 11 is 0. The standard InChI is InChI=1S/C14H15FN2/c1-9-7-13(16)14(8-10(9)2)17-12-5-3-11(15)4-6-12/h3-8,17H,16H2,1-2H3. The zero-order valence-corrected chi connectivity index (χ0v) is 9.92. The number of halogens is 1. The molecule has 2 rings (SSSR count). The van der Waals surface area contributed by atoms with Crippen molar-refractivity contribution < 1.29 is 4.39 Å². The highest BCUT2D eigenvalue weighted by atomic mass is 19.1. The van der Waals surface area contributed by atoms with Crippen LogP contribution in [0, 0.1) is 19.7 Å². The van der Waals surface area contributed by atoms with Crippen molar-refractivity contribution in [2.24, 2.45) is 0 Å². The minimum absolute atomic E-state index is 0.247. The number of rotatable bonds is 2. The maximum Gasteiger partial charge on any atom is 0.123 e. The summed E-state index contributed by atoms with van der Waals surface area (Å²) in [4.78, 5) is 0. The number of benzene rings is 2. The summed E-state index contributed by atoms with van der Waals surface area (Å²) in [5.41, 5.74) is 10.6. The molecule has 88 valence electrons. The maximum absolute atomic E-state index is 12.8. The fraction of sp³-hybridized carbons (Fsp3) is 0.143. The lowest BCUT2D eigenvalue weighted by molar-refractivity contribution is 0.628. The van der Waals surface area contributed by atoms with Crippen LogP contribution in [0.1, 0.15) is 11.1 Å². The van der Waals surface area contributed by atoms with Crippen LogP contribution in [0.15, 0.2) is 36.4 Å². The van der Waals surface area contributed by atoms with E-state index in [9.17, 15) is 4.39 Å². The van der Waals surface area contributed by atoms with Crippen LogP contribution in [-0.4, -0.2) is 0 Å². The summed E-state index contributed by atoms with van der Waals surface area (Å²) < 4.78 is 12.8. The van der Waals surface area contributed by atoms with Gasteiger partial charge in [-0.05, 0) is 61.4 Å². The van der Waals surface area contributed by atoms with E-state index >= 15 is 0 Å². The molecule has 0 saturated heterocycles. The van der Waals surface area contributed by atoms with Crippen molar-refractivity contribution in [3.8, 4) is 0 Å². The van der Waals surface area contributed by atoms with Gasteiger partial charge in [-0.3, -0.25) is 0 Å². The van der Waals surface area contributed by atoms with Crippen molar-refractivity contribution in [1.82, 2.24) is 0 Å². The van der Waals surface area contributed by atoms with Crippen molar-refractivity contribution in [3.63, 3.8) is 0 Å². The Kier molecular flexibility index (Phi) is 3.00. The van der Waals surface area contributed by atoms with E-state index in [-0.39, 0.29) is 5.82 Å². The van der Waals surface area contributed by atoms with Crippen molar-refractivity contribution >= 4 is 17.1 Å². The van der Waals surface area contributed by atoms with Gasteiger partial charge < -0.3 is 11.1 Å². The Bertz CT molecular complexity index is 533. The molecule has 0 aliphatic rings. The molecule has 0 aliphatic carbocycles. The van der Waals surface area contributed by atoms with Gasteiger partial charge in [-0.25, -0.2) is 4.39 Å². The number of nitrogen functional groups attached to an aromatic ring is 1. The molecule has 3 N–H and O–H groups in total. The molecule has 2 aromatic carbocycles. The van der Waals surface area contributed by atoms with Gasteiger partial charge in [-0.1, -0.05) is 0 Å². The summed E-state index contributed by atoms with van der Waals surface area (Å²) in [6, 6.07) is 10.1. The van der Waals surface area contributed by atoms with E-state index in [1.165, 1.54) is 17.7 Å². The van der Waals surface area contributed by atoms with E-state index in [1.807, 2.05) is 26.0 Å². The molecule has 0 heterocycles. The first-order valence-electron chi connectivity index (χ1n) is 5.45. The van der Waals surface area contributed by atoms with Gasteiger partial charge in [0.25, 0.3) is 0 Å². The Morgan fingerprint density at radius 2 is 1.59 bits per heavy atom. The van der Waals surface area contributed by atoms with Gasteiger partial charge in [0.2, 0.25) is 0 Å². The van der Waals surface area contributed by atoms with Crippen LogP contribution in [0.25, 0.3) is 0 Å². The van der Waals surface area contributed by atoms with Gasteiger partial charge in [0.05, 0.1) is 11.4 Å². The summed E-state index contributed by atoms with van der Waals surface area (Å²) in [5, 5.41) is 3.18. The molecule has 0 unspecified atom stereocenters. The lowest BCUT2D eigenvalue weighted by atomic mass is 10.1. The molecule has 0 spiro atoms. The summed E-state index contributed by atoms with van der Waals surface area (Å²) in [6.45, 7) is 4.05. The van der Waals surface area contributed by atoms with Crippen LogP contribution in [0.4, 0.5) is 21.5 Å². The number of anilines is 3. The zero-order chi connectivity index (χ0) is 12.4. The Balaban J connectivity index is 2.30. The quantitative estimate of drug-likeness (QED) is 0.771. The highest BCUT2D eigenvalue weighted by Crippen LogP contribution is 2.26. The molecule has 0 bridgehead atoms. The molecule has 0 amide bonds. The second-order valence-electron chi connectivity index (χ2n) is 4.16. The first-order chi connectivity index (χ1) is 8.06. The van der Waals surface area contributed by atoms with E-state index in [0.717, 1.165) is 16.9 Å². The van der Waals surface area contributed by atoms with E-state index in [0.29, 0.717) is 5.69 Å². The molecule has 0 saturated carbocycles. The van der Waals surface area contributed by atoms with Gasteiger partial charge in [0.15, 0.2) is 0 Å². The third-order valence-corrected chi connectivity index (χ3v) is 2.79. The Hall–Kier alpha value is -2.03. The zero-order valence-electron chi connectivity index (χ0n) is 9.92. The minimum atomic E-state index is -0.247. The molecule has 0 aromatic heterocycles. The normalized spacial score (nSPS) is 10.3. The van der Waals surface area contributed by atoms with E-state index in [4.69, 9.17) is 5.73 Å². The molecule has 17 heavy (non-hydrogen) atoms. The van der Waals surface area contributed by atoms with E-state index < -0.39 is 0 Å². The van der Waals surface area contributed by atoms with Crippen LogP contribution in [-0.2, 0) is 0 Å². The van der Waals surface area contributed by atoms with Crippen LogP contribution in [0.3, 0.4) is 0 Å². The predicted octanol–water partition coefficient (Wildman–Crippen LogP) is 3.77. The topological polar surface area (TPSA) is 38.0 Å². The average Bonchev–Trinajstić information content (AvgIpc) is 2.29. The number of aryl methyl sites for hydroxylation is 2. The van der Waals surface area contributed by atoms with E-state index in [1.54, 1.807) is 12.1 Å². The molecular weight excluding hydrogens is 215 g/mol. The van der Waals surface area contributed by atoms with Gasteiger partial charge in [-0.2, -0.15) is 0 Å². The van der Waals surface area contributed by atoms with E-state index in [2.05, 4.69) is 5.32 Å². The lowest BCUT2D eigenvalue weighted by Crippen LogP contribution is -1.98. The number of hydrogen-bond acceptors (Lipinski definition) is 2. The van der Waals surface area contributed by atoms with Crippen LogP contribution in [0.5, 0.6) is 0 Å².